The molecule has 0 aromatic heterocycles. The topological polar surface area (TPSA) is 289 Å². The number of nitrogens with one attached hydrogen (secondary N) is 3. The Morgan fingerprint density at radius 3 is 1.85 bits per heavy atom. The highest BCUT2D eigenvalue weighted by Gasteiger charge is 2.59. The molecule has 7 aliphatic rings. The molecule has 7 rings (SSSR count). The molecule has 12 amide bonds. The number of likely N-dealkylation sites (N-methyl/N-ethyl adjacent to an activating group) is 6. The van der Waals surface area contributed by atoms with E-state index < -0.39 is 215 Å². The van der Waals surface area contributed by atoms with Crippen molar-refractivity contribution in [3.63, 3.8) is 0 Å². The normalized spacial score (nSPS) is 31.1. The van der Waals surface area contributed by atoms with Crippen molar-refractivity contribution < 1.29 is 93.4 Å². The second-order valence-corrected chi connectivity index (χ2v) is 34.9. The SMILES string of the molecule is CCC[C@H]1C(=O)N[C@@H]([C@@H](C)CC)C(=O)N(C2CC2)CC(=O)N(C)[C@H]2C/C=C\CCN(C2=O)[C@@H](CC2CCC(C(F)(F)F)CC2)C(=O)N(C)CC(=O)N[C@@H](CCC2CCC(C(F)(F)F)C(OC)C2)C(=O)N2C[C@H](OCC)C[C@H]2C(=O)NC2(CC(C)(C)C2)C(=O)N(C)[C@@H](CC(C)(C)C)C(=O)N(C)[C@H](C(=O)N(C)C)CC(=O)N1C. The first-order valence-electron chi connectivity index (χ1n) is 40.0. The fourth-order valence-electron chi connectivity index (χ4n) is 17.7. The Balaban J connectivity index is 1.35. The first kappa shape index (κ1) is 91.1. The molecule has 2 saturated heterocycles. The second kappa shape index (κ2) is 37.9. The largest absolute Gasteiger partial charge is 0.394 e. The third-order valence-electron chi connectivity index (χ3n) is 24.3. The molecule has 0 radical (unpaired) electrons. The van der Waals surface area contributed by atoms with Crippen LogP contribution in [-0.4, -0.2) is 289 Å². The lowest BCUT2D eigenvalue weighted by molar-refractivity contribution is -0.215. The van der Waals surface area contributed by atoms with Crippen LogP contribution in [0.2, 0.25) is 0 Å². The van der Waals surface area contributed by atoms with Gasteiger partial charge in [-0.15, -0.1) is 0 Å². The summed E-state index contributed by atoms with van der Waals surface area (Å²) in [6, 6.07) is -11.5. The first-order chi connectivity index (χ1) is 51.7. The van der Waals surface area contributed by atoms with Crippen molar-refractivity contribution in [1.82, 2.24) is 60.0 Å². The molecule has 628 valence electrons. The van der Waals surface area contributed by atoms with E-state index in [4.69, 9.17) is 9.47 Å². The number of halogens is 6. The minimum atomic E-state index is -4.57. The zero-order chi connectivity index (χ0) is 82.9. The molecule has 3 heterocycles. The number of rotatable bonds is 15. The molecule has 6 fully saturated rings. The van der Waals surface area contributed by atoms with Gasteiger partial charge in [-0.25, -0.2) is 0 Å². The summed E-state index contributed by atoms with van der Waals surface area (Å²) in [7, 11) is 10.9. The van der Waals surface area contributed by atoms with Crippen molar-refractivity contribution in [3.05, 3.63) is 12.2 Å². The lowest BCUT2D eigenvalue weighted by Gasteiger charge is -2.54. The van der Waals surface area contributed by atoms with E-state index in [1.165, 1.54) is 90.7 Å². The third-order valence-corrected chi connectivity index (χ3v) is 24.3. The van der Waals surface area contributed by atoms with Gasteiger partial charge in [0.25, 0.3) is 0 Å². The monoisotopic (exact) mass is 1580 g/mol. The number of carbonyl (C=O) groups excluding carboxylic acids is 12. The van der Waals surface area contributed by atoms with Gasteiger partial charge in [-0.05, 0) is 151 Å². The van der Waals surface area contributed by atoms with Gasteiger partial charge in [-0.3, -0.25) is 57.5 Å². The molecule has 0 aromatic carbocycles. The predicted octanol–water partition coefficient (Wildman–Crippen LogP) is 7.25. The molecule has 111 heavy (non-hydrogen) atoms. The van der Waals surface area contributed by atoms with Crippen molar-refractivity contribution in [2.24, 2.45) is 40.4 Å². The molecule has 4 saturated carbocycles. The van der Waals surface area contributed by atoms with Crippen molar-refractivity contribution in [1.29, 1.82) is 0 Å². The Labute approximate surface area is 651 Å². The van der Waals surface area contributed by atoms with Crippen LogP contribution in [0.1, 0.15) is 204 Å². The third kappa shape index (κ3) is 22.9. The van der Waals surface area contributed by atoms with Crippen molar-refractivity contribution >= 4 is 70.9 Å². The lowest BCUT2D eigenvalue weighted by atomic mass is 9.58. The van der Waals surface area contributed by atoms with Crippen LogP contribution in [0.4, 0.5) is 26.3 Å². The van der Waals surface area contributed by atoms with Crippen molar-refractivity contribution in [2.45, 2.75) is 288 Å². The molecule has 3 N–H and O–H groups in total. The number of alkyl halides is 6. The van der Waals surface area contributed by atoms with Crippen molar-refractivity contribution in [3.8, 4) is 0 Å². The average Bonchev–Trinajstić information content (AvgIpc) is 0.863. The highest BCUT2D eigenvalue weighted by atomic mass is 19.4. The molecule has 0 aromatic rings. The Bertz CT molecular complexity index is 3350. The standard InChI is InChI=1S/C79H126F6N12O14/c1-18-24-55-66(101)87-65(47(4)19-2)73(108)96(51-32-33-51)44-64(100)92(14)56-25-22-21-23-36-95(72(56)107)59(37-48-26-30-50(31-27-48)78(80,81)82)70(105)90(12)43-62(98)86-54(35-29-49-28-34-53(79(83,84)85)61(38-49)110-17)68(103)97-42-52(111-20-3)39-57(97)67(102)88-77(45-76(8,9)46-77)74(109)94(16)60(41-75(5,6)7)71(106)93(15)58(69(104)89(10)11)40-63(99)91(55)13/h21-22,47-61,65H,18-20,23-46H2,1-17H3,(H,86,98)(H,87,101)(H,88,102)/b22-21-/t47-,48?,49?,50?,52+,53?,54-,55-,56-,57-,58-,59-,60-,61?,65-/m0/s1. The van der Waals surface area contributed by atoms with E-state index in [9.17, 15) is 50.3 Å². The zero-order valence-corrected chi connectivity index (χ0v) is 68.5. The summed E-state index contributed by atoms with van der Waals surface area (Å²) in [6.45, 7) is 14.9. The molecule has 4 aliphatic carbocycles. The summed E-state index contributed by atoms with van der Waals surface area (Å²) in [5.74, 6) is -13.7. The predicted molar refractivity (Wildman–Crippen MR) is 401 cm³/mol. The smallest absolute Gasteiger partial charge is 0.381 e. The summed E-state index contributed by atoms with van der Waals surface area (Å²) in [4.78, 5) is 194. The summed E-state index contributed by atoms with van der Waals surface area (Å²) < 4.78 is 97.2. The van der Waals surface area contributed by atoms with E-state index in [2.05, 4.69) is 16.0 Å². The van der Waals surface area contributed by atoms with Crippen LogP contribution < -0.4 is 16.0 Å². The van der Waals surface area contributed by atoms with Gasteiger partial charge in [0.1, 0.15) is 60.4 Å². The van der Waals surface area contributed by atoms with Crippen LogP contribution in [0, 0.1) is 40.4 Å². The van der Waals surface area contributed by atoms with Gasteiger partial charge in [0.15, 0.2) is 0 Å². The fraction of sp³-hybridized carbons (Fsp3) is 0.823. The van der Waals surface area contributed by atoms with Gasteiger partial charge in [0, 0.05) is 88.6 Å². The minimum Gasteiger partial charge on any atom is -0.381 e. The maximum absolute atomic E-state index is 15.8. The van der Waals surface area contributed by atoms with E-state index in [1.54, 1.807) is 32.9 Å². The number of nitrogens with zero attached hydrogens (tertiary/aromatic N) is 9. The van der Waals surface area contributed by atoms with Crippen LogP contribution in [-0.2, 0) is 67.0 Å². The zero-order valence-electron chi connectivity index (χ0n) is 68.5. The summed E-state index contributed by atoms with van der Waals surface area (Å²) in [5.41, 5.74) is -3.00. The minimum absolute atomic E-state index is 0.000279. The van der Waals surface area contributed by atoms with Gasteiger partial charge in [0.2, 0.25) is 70.9 Å². The Hall–Kier alpha value is -7.12. The maximum atomic E-state index is 15.8. The van der Waals surface area contributed by atoms with Crippen LogP contribution in [0.15, 0.2) is 12.2 Å². The molecular weight excluding hydrogens is 1450 g/mol. The molecule has 26 nitrogen and oxygen atoms in total. The lowest BCUT2D eigenvalue weighted by Crippen LogP contribution is -2.71. The van der Waals surface area contributed by atoms with Gasteiger partial charge >= 0.3 is 12.4 Å². The quantitative estimate of drug-likeness (QED) is 0.108. The van der Waals surface area contributed by atoms with Crippen LogP contribution >= 0.6 is 0 Å². The molecule has 1 spiro atoms. The van der Waals surface area contributed by atoms with E-state index in [0.29, 0.717) is 25.7 Å². The molecule has 2 bridgehead atoms. The highest BCUT2D eigenvalue weighted by Crippen LogP contribution is 2.50. The van der Waals surface area contributed by atoms with Gasteiger partial charge in [-0.1, -0.05) is 80.4 Å². The summed E-state index contributed by atoms with van der Waals surface area (Å²) >= 11 is 0. The number of amides is 12. The van der Waals surface area contributed by atoms with Crippen LogP contribution in [0.25, 0.3) is 0 Å². The Kier molecular flexibility index (Phi) is 31.1. The van der Waals surface area contributed by atoms with E-state index in [-0.39, 0.29) is 129 Å². The average molecular weight is 1580 g/mol. The number of hydrogen-bond donors (Lipinski definition) is 3. The molecule has 3 aliphatic heterocycles. The summed E-state index contributed by atoms with van der Waals surface area (Å²) in [6.07, 6.45) is -7.26. The molecular formula is C79H126F6N12O14. The highest BCUT2D eigenvalue weighted by molar-refractivity contribution is 6.01. The number of ether oxygens (including phenoxy) is 2. The van der Waals surface area contributed by atoms with Crippen LogP contribution in [0.5, 0.6) is 0 Å². The van der Waals surface area contributed by atoms with E-state index in [1.807, 2.05) is 41.5 Å². The Morgan fingerprint density at radius 2 is 1.29 bits per heavy atom. The number of methoxy groups -OCH3 is 1. The Morgan fingerprint density at radius 1 is 0.649 bits per heavy atom. The number of carbonyl (C=O) groups is 12. The number of hydrogen-bond acceptors (Lipinski definition) is 14. The maximum Gasteiger partial charge on any atom is 0.394 e. The first-order valence-corrected chi connectivity index (χ1v) is 40.0. The number of fused-ring (bicyclic) bond motifs is 3. The van der Waals surface area contributed by atoms with E-state index >= 15 is 33.6 Å². The second-order valence-electron chi connectivity index (χ2n) is 34.9. The van der Waals surface area contributed by atoms with E-state index in [0.717, 1.165) is 9.80 Å². The van der Waals surface area contributed by atoms with Gasteiger partial charge in [-0.2, -0.15) is 26.3 Å². The molecule has 3 unspecified atom stereocenters. The summed E-state index contributed by atoms with van der Waals surface area (Å²) in [5, 5.41) is 8.76. The fourth-order valence-corrected chi connectivity index (χ4v) is 17.7. The van der Waals surface area contributed by atoms with Crippen LogP contribution in [0.3, 0.4) is 0 Å². The van der Waals surface area contributed by atoms with Crippen molar-refractivity contribution in [2.75, 3.05) is 89.2 Å². The van der Waals surface area contributed by atoms with Gasteiger partial charge < -0.3 is 69.5 Å². The molecule has 32 heteroatoms. The molecule has 13 atom stereocenters. The van der Waals surface area contributed by atoms with Gasteiger partial charge in [0.05, 0.1) is 37.0 Å².